The smallest absolute Gasteiger partial charge is 0.225 e. The minimum absolute atomic E-state index is 0.0409. The number of rotatable bonds is 7. The van der Waals surface area contributed by atoms with E-state index in [4.69, 9.17) is 4.99 Å². The standard InChI is InChI=1S/C22H32N6O/c1-4-23-22(26-19-10-12-28(16-19)21(29)17(2)3)25-14-20-24-11-13-27(20)15-18-8-6-5-7-9-18/h5-9,11,13,17,19H,4,10,12,14-16H2,1-3H3,(H2,23,25,26). The summed E-state index contributed by atoms with van der Waals surface area (Å²) in [5.41, 5.74) is 1.24. The molecule has 1 atom stereocenters. The fourth-order valence-corrected chi connectivity index (χ4v) is 3.52. The molecule has 1 unspecified atom stereocenters. The number of aliphatic imine (C=N–C) groups is 1. The molecule has 7 heteroatoms. The number of nitrogens with zero attached hydrogens (tertiary/aromatic N) is 4. The Morgan fingerprint density at radius 2 is 2.10 bits per heavy atom. The molecule has 0 spiro atoms. The van der Waals surface area contributed by atoms with E-state index in [1.54, 1.807) is 0 Å². The Hall–Kier alpha value is -2.83. The Kier molecular flexibility index (Phi) is 7.27. The molecule has 1 amide bonds. The minimum Gasteiger partial charge on any atom is -0.357 e. The number of likely N-dealkylation sites (tertiary alicyclic amines) is 1. The first-order chi connectivity index (χ1) is 14.1. The average Bonchev–Trinajstić information content (AvgIpc) is 3.36. The third-order valence-electron chi connectivity index (χ3n) is 5.05. The van der Waals surface area contributed by atoms with Crippen LogP contribution in [0.4, 0.5) is 0 Å². The number of carbonyl (C=O) groups is 1. The predicted molar refractivity (Wildman–Crippen MR) is 116 cm³/mol. The van der Waals surface area contributed by atoms with Gasteiger partial charge in [-0.2, -0.15) is 0 Å². The lowest BCUT2D eigenvalue weighted by molar-refractivity contribution is -0.133. The highest BCUT2D eigenvalue weighted by Crippen LogP contribution is 2.13. The lowest BCUT2D eigenvalue weighted by Gasteiger charge is -2.20. The molecule has 7 nitrogen and oxygen atoms in total. The quantitative estimate of drug-likeness (QED) is 0.556. The van der Waals surface area contributed by atoms with Crippen molar-refractivity contribution in [3.63, 3.8) is 0 Å². The van der Waals surface area contributed by atoms with Crippen LogP contribution in [0.1, 0.15) is 38.6 Å². The minimum atomic E-state index is 0.0409. The third-order valence-corrected chi connectivity index (χ3v) is 5.05. The second-order valence-electron chi connectivity index (χ2n) is 7.72. The van der Waals surface area contributed by atoms with E-state index in [0.717, 1.165) is 44.4 Å². The van der Waals surface area contributed by atoms with Crippen LogP contribution in [-0.4, -0.2) is 52.0 Å². The molecule has 2 heterocycles. The van der Waals surface area contributed by atoms with E-state index in [2.05, 4.69) is 39.2 Å². The average molecular weight is 397 g/mol. The molecule has 1 fully saturated rings. The molecule has 1 saturated heterocycles. The molecule has 0 saturated carbocycles. The van der Waals surface area contributed by atoms with Crippen molar-refractivity contribution in [2.75, 3.05) is 19.6 Å². The Labute approximate surface area is 173 Å². The first-order valence-corrected chi connectivity index (χ1v) is 10.4. The van der Waals surface area contributed by atoms with Crippen LogP contribution in [0, 0.1) is 5.92 Å². The van der Waals surface area contributed by atoms with Gasteiger partial charge in [0.2, 0.25) is 5.91 Å². The van der Waals surface area contributed by atoms with Crippen molar-refractivity contribution >= 4 is 11.9 Å². The van der Waals surface area contributed by atoms with Crippen LogP contribution in [0.25, 0.3) is 0 Å². The number of benzene rings is 1. The zero-order valence-electron chi connectivity index (χ0n) is 17.6. The molecule has 3 rings (SSSR count). The van der Waals surface area contributed by atoms with Gasteiger partial charge >= 0.3 is 0 Å². The molecule has 1 aliphatic heterocycles. The van der Waals surface area contributed by atoms with Crippen LogP contribution in [0.2, 0.25) is 0 Å². The topological polar surface area (TPSA) is 74.6 Å². The van der Waals surface area contributed by atoms with E-state index < -0.39 is 0 Å². The molecule has 29 heavy (non-hydrogen) atoms. The SMILES string of the molecule is CCNC(=NCc1nccn1Cc1ccccc1)NC1CCN(C(=O)C(C)C)C1. The summed E-state index contributed by atoms with van der Waals surface area (Å²) in [5.74, 6) is 1.96. The number of amides is 1. The van der Waals surface area contributed by atoms with Gasteiger partial charge in [0, 0.05) is 50.5 Å². The van der Waals surface area contributed by atoms with Gasteiger partial charge in [0.05, 0.1) is 0 Å². The molecule has 0 aliphatic carbocycles. The number of imidazole rings is 1. The molecule has 156 valence electrons. The lowest BCUT2D eigenvalue weighted by Crippen LogP contribution is -2.45. The summed E-state index contributed by atoms with van der Waals surface area (Å²) in [5, 5.41) is 6.79. The second kappa shape index (κ2) is 10.1. The van der Waals surface area contributed by atoms with E-state index in [1.165, 1.54) is 5.56 Å². The molecule has 1 aromatic heterocycles. The van der Waals surface area contributed by atoms with Gasteiger partial charge in [-0.1, -0.05) is 44.2 Å². The van der Waals surface area contributed by atoms with Gasteiger partial charge in [0.25, 0.3) is 0 Å². The zero-order chi connectivity index (χ0) is 20.6. The Morgan fingerprint density at radius 3 is 2.83 bits per heavy atom. The van der Waals surface area contributed by atoms with Crippen molar-refractivity contribution in [1.82, 2.24) is 25.1 Å². The van der Waals surface area contributed by atoms with Crippen molar-refractivity contribution in [3.05, 3.63) is 54.1 Å². The van der Waals surface area contributed by atoms with Crippen LogP contribution in [0.5, 0.6) is 0 Å². The van der Waals surface area contributed by atoms with E-state index in [-0.39, 0.29) is 17.9 Å². The maximum absolute atomic E-state index is 12.2. The molecule has 0 bridgehead atoms. The maximum Gasteiger partial charge on any atom is 0.225 e. The van der Waals surface area contributed by atoms with Crippen molar-refractivity contribution in [1.29, 1.82) is 0 Å². The van der Waals surface area contributed by atoms with E-state index in [1.807, 2.05) is 49.3 Å². The van der Waals surface area contributed by atoms with Crippen LogP contribution >= 0.6 is 0 Å². The van der Waals surface area contributed by atoms with E-state index in [9.17, 15) is 4.79 Å². The fraction of sp³-hybridized carbons (Fsp3) is 0.500. The molecule has 1 aromatic carbocycles. The van der Waals surface area contributed by atoms with Crippen molar-refractivity contribution in [2.24, 2.45) is 10.9 Å². The van der Waals surface area contributed by atoms with Crippen molar-refractivity contribution in [2.45, 2.75) is 46.3 Å². The number of hydrogen-bond donors (Lipinski definition) is 2. The molecule has 0 radical (unpaired) electrons. The zero-order valence-corrected chi connectivity index (χ0v) is 17.6. The number of hydrogen-bond acceptors (Lipinski definition) is 3. The Bertz CT molecular complexity index is 814. The first-order valence-electron chi connectivity index (χ1n) is 10.4. The van der Waals surface area contributed by atoms with E-state index >= 15 is 0 Å². The summed E-state index contributed by atoms with van der Waals surface area (Å²) >= 11 is 0. The molecular formula is C22H32N6O. The van der Waals surface area contributed by atoms with Gasteiger partial charge in [-0.25, -0.2) is 9.98 Å². The molecule has 1 aliphatic rings. The summed E-state index contributed by atoms with van der Waals surface area (Å²) < 4.78 is 2.13. The van der Waals surface area contributed by atoms with Crippen molar-refractivity contribution < 1.29 is 4.79 Å². The van der Waals surface area contributed by atoms with Crippen molar-refractivity contribution in [3.8, 4) is 0 Å². The highest BCUT2D eigenvalue weighted by Gasteiger charge is 2.27. The number of nitrogens with one attached hydrogen (secondary N) is 2. The van der Waals surface area contributed by atoms with Gasteiger partial charge in [-0.15, -0.1) is 0 Å². The summed E-state index contributed by atoms with van der Waals surface area (Å²) in [6.45, 7) is 9.54. The van der Waals surface area contributed by atoms with Gasteiger partial charge in [-0.05, 0) is 18.9 Å². The number of carbonyl (C=O) groups excluding carboxylic acids is 1. The first kappa shape index (κ1) is 20.9. The van der Waals surface area contributed by atoms with Crippen LogP contribution in [0.3, 0.4) is 0 Å². The van der Waals surface area contributed by atoms with Crippen LogP contribution in [0.15, 0.2) is 47.7 Å². The highest BCUT2D eigenvalue weighted by molar-refractivity contribution is 5.81. The summed E-state index contributed by atoms with van der Waals surface area (Å²) in [7, 11) is 0. The van der Waals surface area contributed by atoms with Crippen LogP contribution in [-0.2, 0) is 17.9 Å². The summed E-state index contributed by atoms with van der Waals surface area (Å²) in [6, 6.07) is 10.6. The third kappa shape index (κ3) is 5.82. The number of guanidine groups is 1. The molecule has 2 aromatic rings. The predicted octanol–water partition coefficient (Wildman–Crippen LogP) is 2.24. The monoisotopic (exact) mass is 396 g/mol. The largest absolute Gasteiger partial charge is 0.357 e. The second-order valence-corrected chi connectivity index (χ2v) is 7.72. The molecular weight excluding hydrogens is 364 g/mol. The molecule has 2 N–H and O–H groups in total. The van der Waals surface area contributed by atoms with Crippen LogP contribution < -0.4 is 10.6 Å². The summed E-state index contributed by atoms with van der Waals surface area (Å²) in [4.78, 5) is 23.4. The summed E-state index contributed by atoms with van der Waals surface area (Å²) in [6.07, 6.45) is 4.75. The van der Waals surface area contributed by atoms with Gasteiger partial charge in [-0.3, -0.25) is 4.79 Å². The fourth-order valence-electron chi connectivity index (χ4n) is 3.52. The maximum atomic E-state index is 12.2. The normalized spacial score (nSPS) is 17.0. The van der Waals surface area contributed by atoms with Gasteiger partial charge in [0.15, 0.2) is 5.96 Å². The Balaban J connectivity index is 1.60. The van der Waals surface area contributed by atoms with Gasteiger partial charge < -0.3 is 20.1 Å². The Morgan fingerprint density at radius 1 is 1.31 bits per heavy atom. The number of aromatic nitrogens is 2. The van der Waals surface area contributed by atoms with E-state index in [0.29, 0.717) is 6.54 Å². The highest BCUT2D eigenvalue weighted by atomic mass is 16.2. The van der Waals surface area contributed by atoms with Gasteiger partial charge in [0.1, 0.15) is 12.4 Å². The lowest BCUT2D eigenvalue weighted by atomic mass is 10.2.